The molecule has 1 unspecified atom stereocenters. The molecule has 0 spiro atoms. The van der Waals surface area contributed by atoms with Crippen molar-refractivity contribution in [1.29, 1.82) is 0 Å². The van der Waals surface area contributed by atoms with E-state index in [2.05, 4.69) is 4.98 Å². The summed E-state index contributed by atoms with van der Waals surface area (Å²) in [6.07, 6.45) is 1.76. The summed E-state index contributed by atoms with van der Waals surface area (Å²) in [6.45, 7) is 2.05. The zero-order valence-corrected chi connectivity index (χ0v) is 10.9. The number of aromatic nitrogens is 1. The SMILES string of the molecule is COc1cccc2c(N(C)C(C)CO)nccc12. The van der Waals surface area contributed by atoms with E-state index in [1.165, 1.54) is 0 Å². The highest BCUT2D eigenvalue weighted by atomic mass is 16.5. The number of aliphatic hydroxyl groups is 1. The van der Waals surface area contributed by atoms with Gasteiger partial charge < -0.3 is 14.7 Å². The number of fused-ring (bicyclic) bond motifs is 1. The summed E-state index contributed by atoms with van der Waals surface area (Å²) < 4.78 is 5.35. The van der Waals surface area contributed by atoms with Crippen molar-refractivity contribution in [2.45, 2.75) is 13.0 Å². The molecule has 4 nitrogen and oxygen atoms in total. The molecule has 2 rings (SSSR count). The number of likely N-dealkylation sites (N-methyl/N-ethyl adjacent to an activating group) is 1. The predicted molar refractivity (Wildman–Crippen MR) is 73.2 cm³/mol. The second-order valence-corrected chi connectivity index (χ2v) is 4.33. The molecule has 4 heteroatoms. The lowest BCUT2D eigenvalue weighted by Crippen LogP contribution is -2.32. The zero-order valence-electron chi connectivity index (χ0n) is 10.9. The highest BCUT2D eigenvalue weighted by Crippen LogP contribution is 2.30. The van der Waals surface area contributed by atoms with E-state index >= 15 is 0 Å². The van der Waals surface area contributed by atoms with Gasteiger partial charge in [-0.2, -0.15) is 0 Å². The fourth-order valence-electron chi connectivity index (χ4n) is 1.95. The maximum absolute atomic E-state index is 9.25. The van der Waals surface area contributed by atoms with Crippen LogP contribution in [-0.4, -0.2) is 36.9 Å². The van der Waals surface area contributed by atoms with Crippen molar-refractivity contribution in [3.05, 3.63) is 30.5 Å². The number of aliphatic hydroxyl groups excluding tert-OH is 1. The molecule has 0 aliphatic heterocycles. The molecule has 0 aliphatic rings. The summed E-state index contributed by atoms with van der Waals surface area (Å²) in [5, 5.41) is 11.3. The molecule has 0 saturated carbocycles. The molecule has 1 N–H and O–H groups in total. The Morgan fingerprint density at radius 2 is 2.11 bits per heavy atom. The highest BCUT2D eigenvalue weighted by molar-refractivity contribution is 5.96. The molecule has 0 bridgehead atoms. The summed E-state index contributed by atoms with van der Waals surface area (Å²) >= 11 is 0. The Morgan fingerprint density at radius 1 is 1.33 bits per heavy atom. The summed E-state index contributed by atoms with van der Waals surface area (Å²) in [4.78, 5) is 6.38. The smallest absolute Gasteiger partial charge is 0.136 e. The third kappa shape index (κ3) is 2.11. The molecule has 0 aliphatic carbocycles. The number of anilines is 1. The van der Waals surface area contributed by atoms with Gasteiger partial charge in [-0.1, -0.05) is 12.1 Å². The van der Waals surface area contributed by atoms with Crippen molar-refractivity contribution in [1.82, 2.24) is 4.98 Å². The summed E-state index contributed by atoms with van der Waals surface area (Å²) in [7, 11) is 3.59. The van der Waals surface area contributed by atoms with Crippen molar-refractivity contribution in [3.63, 3.8) is 0 Å². The number of pyridine rings is 1. The fraction of sp³-hybridized carbons (Fsp3) is 0.357. The molecule has 0 radical (unpaired) electrons. The van der Waals surface area contributed by atoms with Crippen LogP contribution < -0.4 is 9.64 Å². The van der Waals surface area contributed by atoms with Gasteiger partial charge in [0.05, 0.1) is 19.8 Å². The van der Waals surface area contributed by atoms with E-state index in [1.807, 2.05) is 43.1 Å². The molecule has 0 saturated heterocycles. The van der Waals surface area contributed by atoms with E-state index in [0.717, 1.165) is 22.3 Å². The molecule has 2 aromatic rings. The summed E-state index contributed by atoms with van der Waals surface area (Å²) in [5.74, 6) is 1.69. The average molecular weight is 246 g/mol. The average Bonchev–Trinajstić information content (AvgIpc) is 2.44. The Morgan fingerprint density at radius 3 is 2.78 bits per heavy atom. The largest absolute Gasteiger partial charge is 0.496 e. The van der Waals surface area contributed by atoms with Gasteiger partial charge in [0, 0.05) is 24.0 Å². The van der Waals surface area contributed by atoms with Crippen molar-refractivity contribution in [3.8, 4) is 5.75 Å². The van der Waals surface area contributed by atoms with Gasteiger partial charge in [0.1, 0.15) is 11.6 Å². The molecule has 1 atom stereocenters. The highest BCUT2D eigenvalue weighted by Gasteiger charge is 2.14. The molecule has 18 heavy (non-hydrogen) atoms. The van der Waals surface area contributed by atoms with Gasteiger partial charge in [-0.15, -0.1) is 0 Å². The number of ether oxygens (including phenoxy) is 1. The van der Waals surface area contributed by atoms with Crippen molar-refractivity contribution >= 4 is 16.6 Å². The third-order valence-corrected chi connectivity index (χ3v) is 3.22. The van der Waals surface area contributed by atoms with E-state index in [4.69, 9.17) is 4.74 Å². The normalized spacial score (nSPS) is 12.4. The molecule has 1 heterocycles. The minimum atomic E-state index is 0.0225. The Balaban J connectivity index is 2.58. The molecule has 1 aromatic carbocycles. The fourth-order valence-corrected chi connectivity index (χ4v) is 1.95. The summed E-state index contributed by atoms with van der Waals surface area (Å²) in [5.41, 5.74) is 0. The lowest BCUT2D eigenvalue weighted by Gasteiger charge is -2.25. The van der Waals surface area contributed by atoms with Crippen molar-refractivity contribution in [2.24, 2.45) is 0 Å². The minimum Gasteiger partial charge on any atom is -0.496 e. The van der Waals surface area contributed by atoms with Crippen molar-refractivity contribution in [2.75, 3.05) is 25.7 Å². The lowest BCUT2D eigenvalue weighted by atomic mass is 10.1. The van der Waals surface area contributed by atoms with Crippen LogP contribution in [0.15, 0.2) is 30.5 Å². The van der Waals surface area contributed by atoms with Gasteiger partial charge in [-0.25, -0.2) is 4.98 Å². The van der Waals surface area contributed by atoms with Gasteiger partial charge in [0.15, 0.2) is 0 Å². The second-order valence-electron chi connectivity index (χ2n) is 4.33. The van der Waals surface area contributed by atoms with Crippen LogP contribution in [0.1, 0.15) is 6.92 Å². The van der Waals surface area contributed by atoms with E-state index in [0.29, 0.717) is 0 Å². The van der Waals surface area contributed by atoms with E-state index in [9.17, 15) is 5.11 Å². The number of hydrogen-bond acceptors (Lipinski definition) is 4. The number of benzene rings is 1. The van der Waals surface area contributed by atoms with Gasteiger partial charge in [-0.05, 0) is 19.1 Å². The lowest BCUT2D eigenvalue weighted by molar-refractivity contribution is 0.270. The van der Waals surface area contributed by atoms with E-state index < -0.39 is 0 Å². The monoisotopic (exact) mass is 246 g/mol. The Hall–Kier alpha value is -1.81. The minimum absolute atomic E-state index is 0.0225. The van der Waals surface area contributed by atoms with Gasteiger partial charge in [0.2, 0.25) is 0 Å². The quantitative estimate of drug-likeness (QED) is 0.897. The van der Waals surface area contributed by atoms with Gasteiger partial charge >= 0.3 is 0 Å². The first-order chi connectivity index (χ1) is 8.69. The number of rotatable bonds is 4. The van der Waals surface area contributed by atoms with Crippen molar-refractivity contribution < 1.29 is 9.84 Å². The van der Waals surface area contributed by atoms with E-state index in [-0.39, 0.29) is 12.6 Å². The third-order valence-electron chi connectivity index (χ3n) is 3.22. The molecule has 0 fully saturated rings. The van der Waals surface area contributed by atoms with Crippen LogP contribution in [0.5, 0.6) is 5.75 Å². The first-order valence-corrected chi connectivity index (χ1v) is 5.94. The van der Waals surface area contributed by atoms with Crippen LogP contribution in [0.4, 0.5) is 5.82 Å². The number of nitrogens with zero attached hydrogens (tertiary/aromatic N) is 2. The predicted octanol–water partition coefficient (Wildman–Crippen LogP) is 2.06. The Bertz CT molecular complexity index is 542. The Labute approximate surface area is 107 Å². The first-order valence-electron chi connectivity index (χ1n) is 5.94. The second kappa shape index (κ2) is 5.23. The molecule has 96 valence electrons. The van der Waals surface area contributed by atoms with Crippen LogP contribution in [0.3, 0.4) is 0 Å². The van der Waals surface area contributed by atoms with Crippen LogP contribution >= 0.6 is 0 Å². The molecule has 0 amide bonds. The van der Waals surface area contributed by atoms with Crippen LogP contribution in [-0.2, 0) is 0 Å². The van der Waals surface area contributed by atoms with Gasteiger partial charge in [0.25, 0.3) is 0 Å². The maximum Gasteiger partial charge on any atom is 0.136 e. The standard InChI is InChI=1S/C14H18N2O2/c1-10(9-17)16(2)14-12-5-4-6-13(18-3)11(12)7-8-15-14/h4-8,10,17H,9H2,1-3H3. The van der Waals surface area contributed by atoms with Crippen LogP contribution in [0.25, 0.3) is 10.8 Å². The van der Waals surface area contributed by atoms with Gasteiger partial charge in [-0.3, -0.25) is 0 Å². The summed E-state index contributed by atoms with van der Waals surface area (Å²) in [6, 6.07) is 7.86. The topological polar surface area (TPSA) is 45.6 Å². The number of methoxy groups -OCH3 is 1. The van der Waals surface area contributed by atoms with E-state index in [1.54, 1.807) is 13.3 Å². The number of hydrogen-bond donors (Lipinski definition) is 1. The first kappa shape index (κ1) is 12.6. The molecular formula is C14H18N2O2. The molecular weight excluding hydrogens is 228 g/mol. The van der Waals surface area contributed by atoms with Crippen LogP contribution in [0, 0.1) is 0 Å². The zero-order chi connectivity index (χ0) is 13.1. The maximum atomic E-state index is 9.25. The Kier molecular flexibility index (Phi) is 3.67. The van der Waals surface area contributed by atoms with Crippen LogP contribution in [0.2, 0.25) is 0 Å². The molecule has 1 aromatic heterocycles.